The monoisotopic (exact) mass is 1030 g/mol. The maximum absolute atomic E-state index is 7.88. The van der Waals surface area contributed by atoms with Gasteiger partial charge in [0.1, 0.15) is 5.58 Å². The Morgan fingerprint density at radius 3 is 2.35 bits per heavy atom. The zero-order valence-electron chi connectivity index (χ0n) is 40.0. The van der Waals surface area contributed by atoms with Crippen LogP contribution in [0.15, 0.2) is 138 Å². The summed E-state index contributed by atoms with van der Waals surface area (Å²) < 4.78 is 47.8. The number of para-hydroxylation sites is 2. The summed E-state index contributed by atoms with van der Waals surface area (Å²) in [4.78, 5) is 9.62. The molecule has 6 heteroatoms. The summed E-state index contributed by atoms with van der Waals surface area (Å²) in [6.45, 7) is 4.40. The van der Waals surface area contributed by atoms with Crippen LogP contribution in [0.25, 0.3) is 72.4 Å². The van der Waals surface area contributed by atoms with Crippen molar-refractivity contribution in [2.24, 2.45) is 0 Å². The molecule has 0 bridgehead atoms. The number of nitrogens with zero attached hydrogens (tertiary/aromatic N) is 3. The number of aryl methyl sites for hydroxylation is 2. The van der Waals surface area contributed by atoms with Crippen molar-refractivity contribution in [2.75, 3.05) is 0 Å². The van der Waals surface area contributed by atoms with Crippen molar-refractivity contribution in [3.8, 4) is 39.5 Å². The van der Waals surface area contributed by atoms with Crippen LogP contribution in [0.2, 0.25) is 17.3 Å². The summed E-state index contributed by atoms with van der Waals surface area (Å²) >= 11 is -1.93. The summed E-state index contributed by atoms with van der Waals surface area (Å²) in [5.74, 6) is 7.72. The van der Waals surface area contributed by atoms with E-state index >= 15 is 0 Å². The first kappa shape index (κ1) is 35.7. The molecule has 1 aliphatic carbocycles. The smallest absolute Gasteiger partial charge is 0 e. The van der Waals surface area contributed by atoms with Crippen LogP contribution in [-0.4, -0.2) is 27.8 Å². The Labute approximate surface area is 377 Å². The van der Waals surface area contributed by atoms with E-state index in [4.69, 9.17) is 16.3 Å². The Morgan fingerprint density at radius 1 is 0.800 bits per heavy atom. The average molecular weight is 1030 g/mol. The van der Waals surface area contributed by atoms with Gasteiger partial charge in [-0.15, -0.1) is 23.8 Å². The third-order valence-electron chi connectivity index (χ3n) is 11.4. The number of aromatic nitrogens is 3. The molecule has 0 amide bonds. The minimum atomic E-state index is -2.47. The number of fused-ring (bicyclic) bond motifs is 6. The zero-order valence-corrected chi connectivity index (χ0v) is 39.5. The van der Waals surface area contributed by atoms with Crippen LogP contribution in [0.1, 0.15) is 62.7 Å². The van der Waals surface area contributed by atoms with Crippen molar-refractivity contribution in [3.63, 3.8) is 0 Å². The fourth-order valence-electron chi connectivity index (χ4n) is 8.27. The Morgan fingerprint density at radius 2 is 1.60 bits per heavy atom. The normalized spacial score (nSPS) is 14.3. The summed E-state index contributed by atoms with van der Waals surface area (Å²) in [6, 6.07) is 45.8. The van der Waals surface area contributed by atoms with E-state index in [-0.39, 0.29) is 43.2 Å². The van der Waals surface area contributed by atoms with Crippen LogP contribution in [0, 0.1) is 19.0 Å². The van der Waals surface area contributed by atoms with Gasteiger partial charge in [0.05, 0.1) is 22.4 Å². The first-order valence-corrected chi connectivity index (χ1v) is 27.9. The molecular formula is C54H51GeIrN3O-2. The van der Waals surface area contributed by atoms with E-state index in [0.29, 0.717) is 11.3 Å². The van der Waals surface area contributed by atoms with E-state index in [1.54, 1.807) is 0 Å². The van der Waals surface area contributed by atoms with E-state index in [1.807, 2.05) is 24.4 Å². The number of furan rings is 1. The molecule has 9 aromatic rings. The molecule has 3 aromatic heterocycles. The molecular weight excluding hydrogens is 971 g/mol. The summed E-state index contributed by atoms with van der Waals surface area (Å²) in [5, 5.41) is 2.43. The van der Waals surface area contributed by atoms with Crippen LogP contribution in [0.3, 0.4) is 0 Å². The van der Waals surface area contributed by atoms with Crippen LogP contribution >= 0.6 is 0 Å². The van der Waals surface area contributed by atoms with Gasteiger partial charge in [-0.3, -0.25) is 4.98 Å². The summed E-state index contributed by atoms with van der Waals surface area (Å²) in [7, 11) is 0. The quantitative estimate of drug-likeness (QED) is 0.127. The summed E-state index contributed by atoms with van der Waals surface area (Å²) in [6.07, 6.45) is 6.59. The molecule has 3 heterocycles. The van der Waals surface area contributed by atoms with Gasteiger partial charge in [0.15, 0.2) is 0 Å². The number of hydrogen-bond donors (Lipinski definition) is 0. The molecule has 0 spiro atoms. The molecule has 0 saturated heterocycles. The van der Waals surface area contributed by atoms with E-state index < -0.39 is 20.1 Å². The Hall–Kier alpha value is -5.07. The maximum Gasteiger partial charge on any atom is 0 e. The van der Waals surface area contributed by atoms with Gasteiger partial charge in [-0.1, -0.05) is 80.8 Å². The van der Waals surface area contributed by atoms with E-state index in [2.05, 4.69) is 151 Å². The fourth-order valence-corrected chi connectivity index (χ4v) is 10.4. The minimum Gasteiger partial charge on any atom is 0 e. The first-order valence-electron chi connectivity index (χ1n) is 23.0. The van der Waals surface area contributed by atoms with Crippen LogP contribution in [-0.2, 0) is 38.4 Å². The minimum absolute atomic E-state index is 0. The molecule has 4 nitrogen and oxygen atoms in total. The number of pyridine rings is 1. The third kappa shape index (κ3) is 8.20. The summed E-state index contributed by atoms with van der Waals surface area (Å²) in [5.41, 5.74) is 13.4. The molecule has 60 heavy (non-hydrogen) atoms. The van der Waals surface area contributed by atoms with Gasteiger partial charge < -0.3 is 8.98 Å². The number of hydrogen-bond acceptors (Lipinski definition) is 3. The molecule has 1 radical (unpaired) electrons. The Kier molecular flexibility index (Phi) is 9.97. The van der Waals surface area contributed by atoms with Gasteiger partial charge in [-0.05, 0) is 89.2 Å². The SMILES string of the molecule is CC(C)(C)c1cc(-c2ccccc2)ccc1-n1c(-c2[c-]cc3oc4ccc5c(c4c3c2)CCCC5)nc2ccccc21.[2H]c1[c-]c(-c2cc[c]([Ge]([CH3])([CH3])[CH3])cn2)cc([2H])c1C([2H])([2H])[2H].[Ir]. The van der Waals surface area contributed by atoms with Gasteiger partial charge in [-0.2, -0.15) is 0 Å². The van der Waals surface area contributed by atoms with Gasteiger partial charge in [0.25, 0.3) is 0 Å². The van der Waals surface area contributed by atoms with E-state index in [0.717, 1.165) is 57.5 Å². The van der Waals surface area contributed by atoms with Crippen LogP contribution < -0.4 is 4.40 Å². The van der Waals surface area contributed by atoms with Crippen molar-refractivity contribution in [1.29, 1.82) is 0 Å². The molecule has 6 aromatic carbocycles. The maximum atomic E-state index is 7.88. The van der Waals surface area contributed by atoms with Crippen molar-refractivity contribution in [3.05, 3.63) is 168 Å². The Bertz CT molecular complexity index is 3180. The molecule has 10 rings (SSSR count). The first-order chi connectivity index (χ1) is 30.5. The molecule has 0 unspecified atom stereocenters. The molecule has 0 aliphatic heterocycles. The van der Waals surface area contributed by atoms with Crippen molar-refractivity contribution in [1.82, 2.24) is 14.5 Å². The molecule has 0 atom stereocenters. The average Bonchev–Trinajstić information content (AvgIpc) is 3.84. The van der Waals surface area contributed by atoms with E-state index in [9.17, 15) is 0 Å². The second-order valence-corrected chi connectivity index (χ2v) is 28.3. The second kappa shape index (κ2) is 16.8. The second-order valence-electron chi connectivity index (χ2n) is 17.6. The fraction of sp³-hybridized carbons (Fsp3) is 0.222. The predicted octanol–water partition coefficient (Wildman–Crippen LogP) is 13.6. The van der Waals surface area contributed by atoms with Gasteiger partial charge >= 0.3 is 113 Å². The molecule has 1 aliphatic rings. The van der Waals surface area contributed by atoms with Gasteiger partial charge in [0.2, 0.25) is 0 Å². The van der Waals surface area contributed by atoms with Gasteiger partial charge in [0, 0.05) is 31.2 Å². The van der Waals surface area contributed by atoms with Crippen LogP contribution in [0.5, 0.6) is 0 Å². The molecule has 303 valence electrons. The van der Waals surface area contributed by atoms with Crippen molar-refractivity contribution in [2.45, 2.75) is 76.0 Å². The Balaban J connectivity index is 0.000000213. The topological polar surface area (TPSA) is 43.9 Å². The van der Waals surface area contributed by atoms with Gasteiger partial charge in [-0.25, -0.2) is 0 Å². The van der Waals surface area contributed by atoms with Crippen LogP contribution in [0.4, 0.5) is 0 Å². The molecule has 0 saturated carbocycles. The zero-order chi connectivity index (χ0) is 45.1. The number of rotatable bonds is 5. The standard InChI is InChI=1S/C39H33N2O.C15H18GeN.Ir/c1-39(2,3)31-24-27(25-11-5-4-6-12-25)17-20-33(31)41-34-16-10-9-15-32(34)40-38(41)28-19-21-35-30(23-28)37-29-14-8-7-13-26(29)18-22-36(37)42-35;1-12-5-7-13(8-6-12)15-10-9-14(11-17-15)16(2,3)4;/h4-6,9-12,15-18,20-24H,7-8,13-14H2,1-3H3;5-7,9-11H,1-4H3;/q2*-1;/i;1D3,5D,6D;. The number of benzene rings is 6. The largest absolute Gasteiger partial charge is 0 e. The van der Waals surface area contributed by atoms with E-state index in [1.165, 1.54) is 56.5 Å². The molecule has 0 fully saturated rings. The predicted molar refractivity (Wildman–Crippen MR) is 250 cm³/mol. The van der Waals surface area contributed by atoms with Crippen molar-refractivity contribution >= 4 is 50.6 Å². The third-order valence-corrected chi connectivity index (χ3v) is 15.7. The number of imidazole rings is 1. The van der Waals surface area contributed by atoms with Crippen molar-refractivity contribution < 1.29 is 31.4 Å². The molecule has 0 N–H and O–H groups in total.